The quantitative estimate of drug-likeness (QED) is 0.908. The van der Waals surface area contributed by atoms with Crippen molar-refractivity contribution in [1.82, 2.24) is 0 Å². The predicted octanol–water partition coefficient (Wildman–Crippen LogP) is 1.63. The van der Waals surface area contributed by atoms with E-state index in [0.29, 0.717) is 29.0 Å². The number of rotatable bonds is 3. The maximum Gasteiger partial charge on any atom is 0.316 e. The first kappa shape index (κ1) is 13.7. The van der Waals surface area contributed by atoms with Gasteiger partial charge in [0.1, 0.15) is 5.25 Å². The highest BCUT2D eigenvalue weighted by Gasteiger charge is 2.28. The van der Waals surface area contributed by atoms with E-state index < -0.39 is 11.2 Å². The van der Waals surface area contributed by atoms with E-state index >= 15 is 0 Å². The van der Waals surface area contributed by atoms with Crippen LogP contribution in [0.1, 0.15) is 15.9 Å². The van der Waals surface area contributed by atoms with Crippen molar-refractivity contribution in [3.8, 4) is 11.5 Å². The van der Waals surface area contributed by atoms with Gasteiger partial charge in [-0.05, 0) is 24.1 Å². The second-order valence-electron chi connectivity index (χ2n) is 4.13. The molecule has 1 aromatic carbocycles. The van der Waals surface area contributed by atoms with Gasteiger partial charge in [0.05, 0.1) is 20.0 Å². The van der Waals surface area contributed by atoms with Gasteiger partial charge >= 0.3 is 5.97 Å². The van der Waals surface area contributed by atoms with Gasteiger partial charge in [0.2, 0.25) is 0 Å². The third kappa shape index (κ3) is 2.68. The number of carbonyl (C=O) groups is 2. The second-order valence-corrected chi connectivity index (χ2v) is 5.32. The molecule has 102 valence electrons. The molecule has 2 rings (SSSR count). The van der Waals surface area contributed by atoms with Crippen molar-refractivity contribution in [2.24, 2.45) is 0 Å². The summed E-state index contributed by atoms with van der Waals surface area (Å²) >= 11 is 1.15. The van der Waals surface area contributed by atoms with Crippen LogP contribution in [-0.4, -0.2) is 42.1 Å². The molecule has 0 amide bonds. The Hall–Kier alpha value is -1.69. The fourth-order valence-electron chi connectivity index (χ4n) is 2.02. The van der Waals surface area contributed by atoms with Gasteiger partial charge < -0.3 is 14.6 Å². The molecule has 1 aliphatic rings. The first-order chi connectivity index (χ1) is 9.06. The molecule has 1 aromatic rings. The summed E-state index contributed by atoms with van der Waals surface area (Å²) in [4.78, 5) is 23.1. The van der Waals surface area contributed by atoms with E-state index in [1.165, 1.54) is 14.2 Å². The number of ketones is 1. The van der Waals surface area contributed by atoms with Gasteiger partial charge in [-0.15, -0.1) is 11.8 Å². The van der Waals surface area contributed by atoms with Crippen LogP contribution in [0, 0.1) is 0 Å². The lowest BCUT2D eigenvalue weighted by atomic mass is 9.99. The number of carboxylic acids is 1. The minimum Gasteiger partial charge on any atom is -0.493 e. The standard InChI is InChI=1S/C13H14O5S/c1-17-10-3-7-4-12(13(15)16)19-6-9(14)8(7)5-11(10)18-2/h3,5,12H,4,6H2,1-2H3,(H,15,16)/t12-/m0/s1. The van der Waals surface area contributed by atoms with Crippen molar-refractivity contribution in [2.75, 3.05) is 20.0 Å². The lowest BCUT2D eigenvalue weighted by molar-refractivity contribution is -0.136. The molecule has 1 aliphatic heterocycles. The maximum atomic E-state index is 12.0. The van der Waals surface area contributed by atoms with Crippen LogP contribution in [0.15, 0.2) is 12.1 Å². The van der Waals surface area contributed by atoms with Gasteiger partial charge in [-0.1, -0.05) is 0 Å². The van der Waals surface area contributed by atoms with Gasteiger partial charge in [-0.2, -0.15) is 0 Å². The maximum absolute atomic E-state index is 12.0. The van der Waals surface area contributed by atoms with Crippen molar-refractivity contribution in [3.63, 3.8) is 0 Å². The molecule has 19 heavy (non-hydrogen) atoms. The van der Waals surface area contributed by atoms with Crippen molar-refractivity contribution < 1.29 is 24.2 Å². The Balaban J connectivity index is 2.49. The molecule has 0 aliphatic carbocycles. The second kappa shape index (κ2) is 5.52. The summed E-state index contributed by atoms with van der Waals surface area (Å²) in [5.74, 6) is 0.169. The van der Waals surface area contributed by atoms with Gasteiger partial charge in [-0.3, -0.25) is 9.59 Å². The third-order valence-electron chi connectivity index (χ3n) is 3.01. The lowest BCUT2D eigenvalue weighted by Crippen LogP contribution is -2.18. The van der Waals surface area contributed by atoms with Crippen LogP contribution in [0.4, 0.5) is 0 Å². The highest BCUT2D eigenvalue weighted by molar-refractivity contribution is 8.01. The number of fused-ring (bicyclic) bond motifs is 1. The van der Waals surface area contributed by atoms with Crippen LogP contribution in [0.25, 0.3) is 0 Å². The van der Waals surface area contributed by atoms with Gasteiger partial charge in [0.15, 0.2) is 17.3 Å². The van der Waals surface area contributed by atoms with E-state index in [2.05, 4.69) is 0 Å². The number of ether oxygens (including phenoxy) is 2. The minimum atomic E-state index is -0.902. The third-order valence-corrected chi connectivity index (χ3v) is 4.21. The smallest absolute Gasteiger partial charge is 0.316 e. The van der Waals surface area contributed by atoms with Crippen molar-refractivity contribution in [1.29, 1.82) is 0 Å². The Morgan fingerprint density at radius 3 is 2.53 bits per heavy atom. The molecule has 0 unspecified atom stereocenters. The molecule has 1 heterocycles. The predicted molar refractivity (Wildman–Crippen MR) is 71.5 cm³/mol. The number of hydrogen-bond donors (Lipinski definition) is 1. The molecule has 0 radical (unpaired) electrons. The fourth-order valence-corrected chi connectivity index (χ4v) is 2.97. The molecule has 5 nitrogen and oxygen atoms in total. The van der Waals surface area contributed by atoms with Crippen molar-refractivity contribution in [2.45, 2.75) is 11.7 Å². The zero-order valence-electron chi connectivity index (χ0n) is 10.6. The normalized spacial score (nSPS) is 18.4. The zero-order chi connectivity index (χ0) is 14.0. The van der Waals surface area contributed by atoms with Crippen LogP contribution < -0.4 is 9.47 Å². The largest absolute Gasteiger partial charge is 0.493 e. The summed E-state index contributed by atoms with van der Waals surface area (Å²) in [6.45, 7) is 0. The molecule has 6 heteroatoms. The highest BCUT2D eigenvalue weighted by Crippen LogP contribution is 2.34. The molecule has 0 aromatic heterocycles. The number of carbonyl (C=O) groups excluding carboxylic acids is 1. The first-order valence-corrected chi connectivity index (χ1v) is 6.74. The van der Waals surface area contributed by atoms with Gasteiger partial charge in [-0.25, -0.2) is 0 Å². The molecule has 0 saturated carbocycles. The lowest BCUT2D eigenvalue weighted by Gasteiger charge is -2.13. The summed E-state index contributed by atoms with van der Waals surface area (Å²) < 4.78 is 10.3. The van der Waals surface area contributed by atoms with Crippen LogP contribution >= 0.6 is 11.8 Å². The number of benzene rings is 1. The first-order valence-electron chi connectivity index (χ1n) is 5.69. The molecule has 0 bridgehead atoms. The van der Waals surface area contributed by atoms with Crippen molar-refractivity contribution >= 4 is 23.5 Å². The van der Waals surface area contributed by atoms with Crippen LogP contribution in [0.2, 0.25) is 0 Å². The Labute approximate surface area is 114 Å². The number of aliphatic carboxylic acids is 1. The summed E-state index contributed by atoms with van der Waals surface area (Å²) in [7, 11) is 3.01. The zero-order valence-corrected chi connectivity index (χ0v) is 11.5. The van der Waals surface area contributed by atoms with E-state index in [4.69, 9.17) is 14.6 Å². The number of Topliss-reactive ketones (excluding diaryl/α,β-unsaturated/α-hetero) is 1. The Bertz CT molecular complexity index is 526. The molecule has 0 spiro atoms. The molecular weight excluding hydrogens is 268 g/mol. The van der Waals surface area contributed by atoms with E-state index in [1.807, 2.05) is 0 Å². The number of thioether (sulfide) groups is 1. The summed E-state index contributed by atoms with van der Waals surface area (Å²) in [6, 6.07) is 3.31. The van der Waals surface area contributed by atoms with Crippen LogP contribution in [0.3, 0.4) is 0 Å². The number of carboxylic acid groups (broad SMARTS) is 1. The summed E-state index contributed by atoms with van der Waals surface area (Å²) in [6.07, 6.45) is 0.307. The van der Waals surface area contributed by atoms with E-state index in [9.17, 15) is 9.59 Å². The SMILES string of the molecule is COc1cc2c(cc1OC)C(=O)CS[C@H](C(=O)O)C2. The van der Waals surface area contributed by atoms with Crippen LogP contribution in [0.5, 0.6) is 11.5 Å². The number of hydrogen-bond acceptors (Lipinski definition) is 5. The van der Waals surface area contributed by atoms with Gasteiger partial charge in [0.25, 0.3) is 0 Å². The highest BCUT2D eigenvalue weighted by atomic mass is 32.2. The monoisotopic (exact) mass is 282 g/mol. The average molecular weight is 282 g/mol. The summed E-state index contributed by atoms with van der Waals surface area (Å²) in [5, 5.41) is 8.51. The molecular formula is C13H14O5S. The molecule has 1 N–H and O–H groups in total. The van der Waals surface area contributed by atoms with Gasteiger partial charge in [0, 0.05) is 5.56 Å². The Morgan fingerprint density at radius 2 is 1.95 bits per heavy atom. The van der Waals surface area contributed by atoms with Crippen LogP contribution in [-0.2, 0) is 11.2 Å². The average Bonchev–Trinajstić information content (AvgIpc) is 2.56. The van der Waals surface area contributed by atoms with Crippen molar-refractivity contribution in [3.05, 3.63) is 23.3 Å². The topological polar surface area (TPSA) is 72.8 Å². The minimum absolute atomic E-state index is 0.0790. The number of methoxy groups -OCH3 is 2. The summed E-state index contributed by atoms with van der Waals surface area (Å²) in [5.41, 5.74) is 1.22. The molecule has 0 fully saturated rings. The van der Waals surface area contributed by atoms with E-state index in [1.54, 1.807) is 12.1 Å². The van der Waals surface area contributed by atoms with E-state index in [0.717, 1.165) is 11.8 Å². The Morgan fingerprint density at radius 1 is 1.32 bits per heavy atom. The molecule has 0 saturated heterocycles. The fraction of sp³-hybridized carbons (Fsp3) is 0.385. The van der Waals surface area contributed by atoms with E-state index in [-0.39, 0.29) is 11.5 Å². The Kier molecular flexibility index (Phi) is 3.99. The molecule has 1 atom stereocenters.